The molecule has 61 valence electrons. The van der Waals surface area contributed by atoms with Crippen molar-refractivity contribution in [2.45, 2.75) is 0 Å². The summed E-state index contributed by atoms with van der Waals surface area (Å²) in [5.74, 6) is 0.204. The second kappa shape index (κ2) is 4.41. The van der Waals surface area contributed by atoms with Crippen molar-refractivity contribution in [3.8, 4) is 5.75 Å². The van der Waals surface area contributed by atoms with E-state index >= 15 is 0 Å². The Hall–Kier alpha value is -0.627. The van der Waals surface area contributed by atoms with Gasteiger partial charge in [-0.2, -0.15) is 0 Å². The summed E-state index contributed by atoms with van der Waals surface area (Å²) >= 11 is 0.900. The van der Waals surface area contributed by atoms with Crippen molar-refractivity contribution in [3.05, 3.63) is 29.8 Å². The van der Waals surface area contributed by atoms with E-state index in [1.54, 1.807) is 18.2 Å². The molecule has 0 saturated heterocycles. The van der Waals surface area contributed by atoms with Crippen molar-refractivity contribution < 1.29 is 37.5 Å². The fourth-order valence-electron chi connectivity index (χ4n) is 0.834. The first-order chi connectivity index (χ1) is 5.79. The molecule has 0 spiro atoms. The summed E-state index contributed by atoms with van der Waals surface area (Å²) in [5, 5.41) is 0. The Balaban J connectivity index is 3.04. The normalized spacial score (nSPS) is 9.00. The van der Waals surface area contributed by atoms with E-state index in [9.17, 15) is 4.79 Å². The Labute approximate surface area is 86.1 Å². The molecule has 0 saturated carbocycles. The maximum absolute atomic E-state index is 11.1. The quantitative estimate of drug-likeness (QED) is 0.734. The zero-order chi connectivity index (χ0) is 8.97. The van der Waals surface area contributed by atoms with Gasteiger partial charge >= 0.3 is 86.2 Å². The van der Waals surface area contributed by atoms with Gasteiger partial charge in [0.05, 0.1) is 0 Å². The molecule has 3 nitrogen and oxygen atoms in total. The van der Waals surface area contributed by atoms with Crippen LogP contribution in [-0.4, -0.2) is 13.1 Å². The molecule has 1 aromatic rings. The SMILES string of the molecule is COC(=O)c1ccccc1[O][Zr]. The van der Waals surface area contributed by atoms with Crippen molar-refractivity contribution in [2.24, 2.45) is 0 Å². The molecule has 1 aromatic carbocycles. The van der Waals surface area contributed by atoms with Gasteiger partial charge in [-0.05, 0) is 0 Å². The Kier molecular flexibility index (Phi) is 3.48. The van der Waals surface area contributed by atoms with Gasteiger partial charge in [0.1, 0.15) is 0 Å². The van der Waals surface area contributed by atoms with Crippen LogP contribution in [0.5, 0.6) is 5.75 Å². The summed E-state index contributed by atoms with van der Waals surface area (Å²) in [6.45, 7) is 0. The van der Waals surface area contributed by atoms with Crippen molar-refractivity contribution in [1.82, 2.24) is 0 Å². The third-order valence-electron chi connectivity index (χ3n) is 1.40. The molecule has 0 aliphatic carbocycles. The molecule has 0 aliphatic rings. The molecular formula is C8H7O3Zr. The van der Waals surface area contributed by atoms with Crippen LogP contribution in [0.3, 0.4) is 0 Å². The number of carbonyl (C=O) groups is 1. The second-order valence-electron chi connectivity index (χ2n) is 2.09. The number of rotatable bonds is 2. The molecule has 0 aliphatic heterocycles. The summed E-state index contributed by atoms with van der Waals surface area (Å²) in [7, 11) is 1.35. The number of hydrogen-bond donors (Lipinski definition) is 0. The maximum atomic E-state index is 11.1. The van der Waals surface area contributed by atoms with E-state index in [0.29, 0.717) is 11.3 Å². The van der Waals surface area contributed by atoms with Crippen LogP contribution < -0.4 is 2.81 Å². The number of esters is 1. The summed E-state index contributed by atoms with van der Waals surface area (Å²) in [6, 6.07) is 6.99. The number of carbonyl (C=O) groups excluding carboxylic acids is 1. The standard InChI is InChI=1S/C8H8O3.Zr/c1-11-8(10)6-4-2-3-5-7(6)9;/h2-5,9H,1H3;/q;+1/p-1. The number of hydrogen-bond acceptors (Lipinski definition) is 3. The van der Waals surface area contributed by atoms with Gasteiger partial charge in [-0.25, -0.2) is 0 Å². The average Bonchev–Trinajstić information content (AvgIpc) is 2.16. The van der Waals surface area contributed by atoms with Crippen LogP contribution in [0.4, 0.5) is 0 Å². The van der Waals surface area contributed by atoms with Gasteiger partial charge in [0.15, 0.2) is 0 Å². The fourth-order valence-corrected chi connectivity index (χ4v) is 1.27. The van der Waals surface area contributed by atoms with E-state index in [-0.39, 0.29) is 5.97 Å². The molecule has 12 heavy (non-hydrogen) atoms. The third kappa shape index (κ3) is 1.95. The van der Waals surface area contributed by atoms with E-state index in [4.69, 9.17) is 2.81 Å². The molecule has 0 fully saturated rings. The van der Waals surface area contributed by atoms with Gasteiger partial charge < -0.3 is 0 Å². The summed E-state index contributed by atoms with van der Waals surface area (Å²) in [4.78, 5) is 11.1. The molecule has 0 amide bonds. The first-order valence-corrected chi connectivity index (χ1v) is 4.31. The fraction of sp³-hybridized carbons (Fsp3) is 0.125. The number of ether oxygens (including phenoxy) is 1. The first kappa shape index (κ1) is 9.46. The number of benzene rings is 1. The van der Waals surface area contributed by atoms with E-state index in [1.807, 2.05) is 6.07 Å². The van der Waals surface area contributed by atoms with Crippen molar-refractivity contribution in [1.29, 1.82) is 0 Å². The Morgan fingerprint density at radius 1 is 1.42 bits per heavy atom. The van der Waals surface area contributed by atoms with Crippen LogP contribution >= 0.6 is 0 Å². The minimum atomic E-state index is -0.368. The van der Waals surface area contributed by atoms with Gasteiger partial charge in [0.2, 0.25) is 0 Å². The van der Waals surface area contributed by atoms with Gasteiger partial charge in [-0.3, -0.25) is 0 Å². The molecule has 0 bridgehead atoms. The Bertz CT molecular complexity index is 285. The zero-order valence-corrected chi connectivity index (χ0v) is 8.99. The molecule has 0 N–H and O–H groups in total. The predicted octanol–water partition coefficient (Wildman–Crippen LogP) is 1.31. The summed E-state index contributed by atoms with van der Waals surface area (Å²) < 4.78 is 9.63. The molecule has 0 heterocycles. The van der Waals surface area contributed by atoms with Crippen molar-refractivity contribution in [2.75, 3.05) is 7.11 Å². The topological polar surface area (TPSA) is 35.5 Å². The van der Waals surface area contributed by atoms with Crippen molar-refractivity contribution in [3.63, 3.8) is 0 Å². The zero-order valence-electron chi connectivity index (χ0n) is 6.53. The Morgan fingerprint density at radius 2 is 2.08 bits per heavy atom. The van der Waals surface area contributed by atoms with E-state index < -0.39 is 0 Å². The first-order valence-electron chi connectivity index (χ1n) is 3.30. The monoisotopic (exact) mass is 241 g/mol. The van der Waals surface area contributed by atoms with Crippen LogP contribution in [-0.2, 0) is 29.9 Å². The molecule has 4 heteroatoms. The van der Waals surface area contributed by atoms with Crippen LogP contribution in [0.25, 0.3) is 0 Å². The van der Waals surface area contributed by atoms with Gasteiger partial charge in [-0.1, -0.05) is 0 Å². The van der Waals surface area contributed by atoms with E-state index in [2.05, 4.69) is 4.74 Å². The minimum absolute atomic E-state index is 0.368. The average molecular weight is 242 g/mol. The second-order valence-corrected chi connectivity index (χ2v) is 2.59. The summed E-state index contributed by atoms with van der Waals surface area (Å²) in [5.41, 5.74) is 0.469. The summed E-state index contributed by atoms with van der Waals surface area (Å²) in [6.07, 6.45) is 0. The molecule has 0 atom stereocenters. The van der Waals surface area contributed by atoms with E-state index in [1.165, 1.54) is 7.11 Å². The van der Waals surface area contributed by atoms with Crippen LogP contribution in [0.15, 0.2) is 24.3 Å². The van der Waals surface area contributed by atoms with Gasteiger partial charge in [0.25, 0.3) is 0 Å². The molecular weight excluding hydrogens is 235 g/mol. The van der Waals surface area contributed by atoms with Crippen molar-refractivity contribution >= 4 is 5.97 Å². The number of para-hydroxylation sites is 1. The van der Waals surface area contributed by atoms with Crippen LogP contribution in [0.1, 0.15) is 10.4 Å². The van der Waals surface area contributed by atoms with Crippen LogP contribution in [0.2, 0.25) is 0 Å². The predicted molar refractivity (Wildman–Crippen MR) is 38.4 cm³/mol. The molecule has 0 aromatic heterocycles. The Morgan fingerprint density at radius 3 is 2.67 bits per heavy atom. The number of methoxy groups -OCH3 is 1. The van der Waals surface area contributed by atoms with E-state index in [0.717, 1.165) is 25.2 Å². The van der Waals surface area contributed by atoms with Gasteiger partial charge in [0, 0.05) is 0 Å². The molecule has 0 radical (unpaired) electrons. The third-order valence-corrected chi connectivity index (χ3v) is 1.94. The molecule has 0 unspecified atom stereocenters. The van der Waals surface area contributed by atoms with Gasteiger partial charge in [-0.15, -0.1) is 0 Å². The molecule has 1 rings (SSSR count). The van der Waals surface area contributed by atoms with Crippen LogP contribution in [0, 0.1) is 0 Å².